The lowest BCUT2D eigenvalue weighted by atomic mass is 10.2. The van der Waals surface area contributed by atoms with E-state index in [0.29, 0.717) is 17.6 Å². The van der Waals surface area contributed by atoms with Crippen LogP contribution in [0.25, 0.3) is 0 Å². The first-order valence-corrected chi connectivity index (χ1v) is 8.57. The van der Waals surface area contributed by atoms with E-state index in [2.05, 4.69) is 42.2 Å². The van der Waals surface area contributed by atoms with E-state index >= 15 is 0 Å². The summed E-state index contributed by atoms with van der Waals surface area (Å²) in [7, 11) is 3.86. The monoisotopic (exact) mass is 386 g/mol. The number of hydrogen-bond donors (Lipinski definition) is 1. The molecule has 3 rings (SSSR count). The lowest BCUT2D eigenvalue weighted by Crippen LogP contribution is -2.26. The predicted molar refractivity (Wildman–Crippen MR) is 99.5 cm³/mol. The molecule has 1 N–H and O–H groups in total. The number of aromatic nitrogens is 2. The summed E-state index contributed by atoms with van der Waals surface area (Å²) >= 11 is 3.46. The summed E-state index contributed by atoms with van der Waals surface area (Å²) in [5.41, 5.74) is 1.78. The van der Waals surface area contributed by atoms with Crippen molar-refractivity contribution in [3.05, 3.63) is 40.5 Å². The summed E-state index contributed by atoms with van der Waals surface area (Å²) < 4.78 is 0.838. The van der Waals surface area contributed by atoms with Crippen molar-refractivity contribution in [2.75, 3.05) is 42.3 Å². The van der Waals surface area contributed by atoms with Gasteiger partial charge in [0, 0.05) is 49.6 Å². The van der Waals surface area contributed by atoms with Crippen LogP contribution in [0.3, 0.4) is 0 Å². The molecular formula is C17H19BrN6. The van der Waals surface area contributed by atoms with Crippen molar-refractivity contribution in [3.63, 3.8) is 0 Å². The van der Waals surface area contributed by atoms with E-state index < -0.39 is 0 Å². The van der Waals surface area contributed by atoms with Crippen LogP contribution < -0.4 is 15.1 Å². The van der Waals surface area contributed by atoms with Gasteiger partial charge in [0.1, 0.15) is 11.9 Å². The van der Waals surface area contributed by atoms with E-state index in [-0.39, 0.29) is 0 Å². The van der Waals surface area contributed by atoms with Crippen molar-refractivity contribution in [1.82, 2.24) is 9.97 Å². The Bertz CT molecular complexity index is 770. The van der Waals surface area contributed by atoms with Gasteiger partial charge in [-0.1, -0.05) is 0 Å². The van der Waals surface area contributed by atoms with Crippen LogP contribution in [-0.4, -0.2) is 43.2 Å². The Morgan fingerprint density at radius 1 is 1.38 bits per heavy atom. The molecule has 1 aliphatic rings. The molecule has 0 amide bonds. The smallest absolute Gasteiger partial charge is 0.226 e. The molecule has 24 heavy (non-hydrogen) atoms. The molecule has 0 aliphatic carbocycles. The second-order valence-corrected chi connectivity index (χ2v) is 6.84. The lowest BCUT2D eigenvalue weighted by molar-refractivity contribution is 0.798. The molecule has 0 spiro atoms. The second-order valence-electron chi connectivity index (χ2n) is 5.99. The fourth-order valence-corrected chi connectivity index (χ4v) is 3.21. The van der Waals surface area contributed by atoms with Gasteiger partial charge in [-0.05, 0) is 46.6 Å². The fourth-order valence-electron chi connectivity index (χ4n) is 2.76. The Kier molecular flexibility index (Phi) is 4.86. The zero-order valence-corrected chi connectivity index (χ0v) is 15.3. The molecule has 2 heterocycles. The summed E-state index contributed by atoms with van der Waals surface area (Å²) in [5, 5.41) is 12.5. The first-order chi connectivity index (χ1) is 11.6. The molecule has 0 radical (unpaired) electrons. The van der Waals surface area contributed by atoms with Crippen LogP contribution in [-0.2, 0) is 0 Å². The molecular weight excluding hydrogens is 368 g/mol. The highest BCUT2D eigenvalue weighted by molar-refractivity contribution is 9.10. The molecule has 1 aliphatic heterocycles. The summed E-state index contributed by atoms with van der Waals surface area (Å²) in [6, 6.07) is 10.3. The van der Waals surface area contributed by atoms with Crippen LogP contribution in [0.15, 0.2) is 34.9 Å². The van der Waals surface area contributed by atoms with Gasteiger partial charge in [-0.25, -0.2) is 4.98 Å². The minimum absolute atomic E-state index is 0.337. The molecule has 0 bridgehead atoms. The Labute approximate surface area is 150 Å². The highest BCUT2D eigenvalue weighted by Crippen LogP contribution is 2.27. The zero-order chi connectivity index (χ0) is 17.1. The second kappa shape index (κ2) is 7.05. The third-order valence-corrected chi connectivity index (χ3v) is 4.68. The third-order valence-electron chi connectivity index (χ3n) is 4.02. The van der Waals surface area contributed by atoms with E-state index in [1.54, 1.807) is 6.20 Å². The van der Waals surface area contributed by atoms with Gasteiger partial charge in [0.25, 0.3) is 0 Å². The van der Waals surface area contributed by atoms with Gasteiger partial charge in [0.05, 0.1) is 5.56 Å². The maximum absolute atomic E-state index is 9.02. The minimum Gasteiger partial charge on any atom is -0.369 e. The number of nitrogens with zero attached hydrogens (tertiary/aromatic N) is 5. The van der Waals surface area contributed by atoms with E-state index in [9.17, 15) is 0 Å². The average molecular weight is 387 g/mol. The zero-order valence-electron chi connectivity index (χ0n) is 13.7. The number of anilines is 3. The summed E-state index contributed by atoms with van der Waals surface area (Å²) in [4.78, 5) is 13.0. The Hall–Kier alpha value is -2.33. The summed E-state index contributed by atoms with van der Waals surface area (Å²) in [6.07, 6.45) is 2.81. The van der Waals surface area contributed by atoms with E-state index in [0.717, 1.165) is 35.5 Å². The molecule has 1 aromatic heterocycles. The molecule has 1 unspecified atom stereocenters. The largest absolute Gasteiger partial charge is 0.369 e. The van der Waals surface area contributed by atoms with Crippen molar-refractivity contribution in [1.29, 1.82) is 5.26 Å². The number of halogens is 1. The number of benzene rings is 1. The van der Waals surface area contributed by atoms with Crippen LogP contribution in [0.4, 0.5) is 17.5 Å². The van der Waals surface area contributed by atoms with Gasteiger partial charge in [0.15, 0.2) is 0 Å². The molecule has 124 valence electrons. The van der Waals surface area contributed by atoms with Crippen LogP contribution in [0.2, 0.25) is 0 Å². The van der Waals surface area contributed by atoms with E-state index in [4.69, 9.17) is 5.26 Å². The number of nitriles is 1. The van der Waals surface area contributed by atoms with Gasteiger partial charge in [0.2, 0.25) is 5.95 Å². The standard InChI is InChI=1S/C17H19BrN6/c1-23(2)17-20-7-5-16(22-17)21-13-6-8-24(11-13)14-4-3-12(10-19)15(18)9-14/h3-5,7,9,13H,6,8,11H2,1-2H3,(H,20,21,22). The summed E-state index contributed by atoms with van der Waals surface area (Å²) in [5.74, 6) is 1.55. The fraction of sp³-hybridized carbons (Fsp3) is 0.353. The Balaban J connectivity index is 1.66. The van der Waals surface area contributed by atoms with Crippen molar-refractivity contribution >= 4 is 33.4 Å². The Morgan fingerprint density at radius 2 is 2.21 bits per heavy atom. The molecule has 2 aromatic rings. The maximum atomic E-state index is 9.02. The normalized spacial score (nSPS) is 16.8. The summed E-state index contributed by atoms with van der Waals surface area (Å²) in [6.45, 7) is 1.88. The van der Waals surface area contributed by atoms with Crippen molar-refractivity contribution in [2.45, 2.75) is 12.5 Å². The number of rotatable bonds is 4. The first kappa shape index (κ1) is 16.5. The van der Waals surface area contributed by atoms with Gasteiger partial charge >= 0.3 is 0 Å². The minimum atomic E-state index is 0.337. The topological polar surface area (TPSA) is 68.1 Å². The highest BCUT2D eigenvalue weighted by Gasteiger charge is 2.23. The molecule has 0 saturated carbocycles. The third kappa shape index (κ3) is 3.60. The van der Waals surface area contributed by atoms with Crippen molar-refractivity contribution in [3.8, 4) is 6.07 Å². The SMILES string of the molecule is CN(C)c1nccc(NC2CCN(c3ccc(C#N)c(Br)c3)C2)n1. The first-order valence-electron chi connectivity index (χ1n) is 7.78. The molecule has 1 aromatic carbocycles. The maximum Gasteiger partial charge on any atom is 0.226 e. The van der Waals surface area contributed by atoms with E-state index in [1.165, 1.54) is 0 Å². The number of hydrogen-bond acceptors (Lipinski definition) is 6. The van der Waals surface area contributed by atoms with Gasteiger partial charge in [-0.3, -0.25) is 0 Å². The molecule has 6 nitrogen and oxygen atoms in total. The van der Waals surface area contributed by atoms with Crippen LogP contribution >= 0.6 is 15.9 Å². The lowest BCUT2D eigenvalue weighted by Gasteiger charge is -2.20. The predicted octanol–water partition coefficient (Wildman–Crippen LogP) is 2.87. The highest BCUT2D eigenvalue weighted by atomic mass is 79.9. The van der Waals surface area contributed by atoms with E-state index in [1.807, 2.05) is 43.3 Å². The van der Waals surface area contributed by atoms with Gasteiger partial charge in [-0.2, -0.15) is 10.2 Å². The Morgan fingerprint density at radius 3 is 2.92 bits per heavy atom. The quantitative estimate of drug-likeness (QED) is 0.870. The van der Waals surface area contributed by atoms with Gasteiger partial charge in [-0.15, -0.1) is 0 Å². The van der Waals surface area contributed by atoms with Crippen LogP contribution in [0.1, 0.15) is 12.0 Å². The molecule has 1 atom stereocenters. The molecule has 1 saturated heterocycles. The average Bonchev–Trinajstić information content (AvgIpc) is 3.03. The van der Waals surface area contributed by atoms with Crippen molar-refractivity contribution < 1.29 is 0 Å². The number of nitrogens with one attached hydrogen (secondary N) is 1. The van der Waals surface area contributed by atoms with Crippen LogP contribution in [0, 0.1) is 11.3 Å². The van der Waals surface area contributed by atoms with Crippen molar-refractivity contribution in [2.24, 2.45) is 0 Å². The molecule has 1 fully saturated rings. The molecule has 7 heteroatoms. The van der Waals surface area contributed by atoms with Crippen LogP contribution in [0.5, 0.6) is 0 Å². The van der Waals surface area contributed by atoms with Gasteiger partial charge < -0.3 is 15.1 Å².